The van der Waals surface area contributed by atoms with Gasteiger partial charge in [0.25, 0.3) is 0 Å². The zero-order chi connectivity index (χ0) is 10.8. The Hall–Kier alpha value is -1.29. The minimum atomic E-state index is -0.711. The lowest BCUT2D eigenvalue weighted by Gasteiger charge is -2.33. The van der Waals surface area contributed by atoms with E-state index in [1.807, 2.05) is 6.07 Å². The minimum Gasteiger partial charge on any atom is -0.446 e. The number of hydrogen-bond acceptors (Lipinski definition) is 3. The van der Waals surface area contributed by atoms with Gasteiger partial charge in [-0.15, -0.1) is 0 Å². The van der Waals surface area contributed by atoms with Gasteiger partial charge in [-0.25, -0.2) is 4.79 Å². The van der Waals surface area contributed by atoms with Gasteiger partial charge in [0.05, 0.1) is 0 Å². The fourth-order valence-electron chi connectivity index (χ4n) is 1.71. The smallest absolute Gasteiger partial charge is 0.404 e. The summed E-state index contributed by atoms with van der Waals surface area (Å²) in [6.07, 6.45) is 2.46. The second-order valence-corrected chi connectivity index (χ2v) is 4.06. The van der Waals surface area contributed by atoms with E-state index in [2.05, 4.69) is 4.98 Å². The first-order chi connectivity index (χ1) is 7.15. The lowest BCUT2D eigenvalue weighted by atomic mass is 9.80. The molecule has 0 spiro atoms. The number of carbonyl (C=O) groups is 1. The molecule has 0 bridgehead atoms. The van der Waals surface area contributed by atoms with Crippen LogP contribution >= 0.6 is 11.6 Å². The van der Waals surface area contributed by atoms with Gasteiger partial charge < -0.3 is 10.5 Å². The molecule has 0 unspecified atom stereocenters. The molecule has 2 rings (SSSR count). The van der Waals surface area contributed by atoms with Crippen molar-refractivity contribution in [2.45, 2.75) is 24.9 Å². The molecule has 1 aromatic heterocycles. The average Bonchev–Trinajstić information content (AvgIpc) is 2.10. The van der Waals surface area contributed by atoms with E-state index in [4.69, 9.17) is 22.1 Å². The molecule has 0 aromatic carbocycles. The summed E-state index contributed by atoms with van der Waals surface area (Å²) in [6.45, 7) is 0. The van der Waals surface area contributed by atoms with Gasteiger partial charge in [-0.3, -0.25) is 4.98 Å². The van der Waals surface area contributed by atoms with Crippen molar-refractivity contribution in [2.24, 2.45) is 5.73 Å². The second-order valence-electron chi connectivity index (χ2n) is 3.63. The van der Waals surface area contributed by atoms with E-state index >= 15 is 0 Å². The standard InChI is InChI=1S/C10H11ClN2O2/c11-7-1-2-13-9(5-7)6-3-8(4-6)15-10(12)14/h1-2,5-6,8H,3-4H2,(H2,12,14)/t6-,8-. The zero-order valence-corrected chi connectivity index (χ0v) is 8.78. The molecular weight excluding hydrogens is 216 g/mol. The number of primary amides is 1. The molecular formula is C10H11ClN2O2. The van der Waals surface area contributed by atoms with Crippen LogP contribution in [0.2, 0.25) is 5.02 Å². The maximum absolute atomic E-state index is 10.5. The van der Waals surface area contributed by atoms with Crippen LogP contribution in [-0.2, 0) is 4.74 Å². The summed E-state index contributed by atoms with van der Waals surface area (Å²) in [5.41, 5.74) is 5.86. The molecule has 0 radical (unpaired) electrons. The number of nitrogens with zero attached hydrogens (tertiary/aromatic N) is 1. The molecule has 0 aliphatic heterocycles. The van der Waals surface area contributed by atoms with Gasteiger partial charge >= 0.3 is 6.09 Å². The molecule has 1 amide bonds. The van der Waals surface area contributed by atoms with Gasteiger partial charge in [0.1, 0.15) is 6.10 Å². The maximum atomic E-state index is 10.5. The topological polar surface area (TPSA) is 65.2 Å². The van der Waals surface area contributed by atoms with E-state index in [0.717, 1.165) is 18.5 Å². The fraction of sp³-hybridized carbons (Fsp3) is 0.400. The summed E-state index contributed by atoms with van der Waals surface area (Å²) < 4.78 is 4.85. The van der Waals surface area contributed by atoms with E-state index in [9.17, 15) is 4.79 Å². The summed E-state index contributed by atoms with van der Waals surface area (Å²) >= 11 is 5.85. The van der Waals surface area contributed by atoms with E-state index in [-0.39, 0.29) is 6.10 Å². The van der Waals surface area contributed by atoms with Crippen molar-refractivity contribution in [2.75, 3.05) is 0 Å². The summed E-state index contributed by atoms with van der Waals surface area (Å²) in [5.74, 6) is 0.327. The van der Waals surface area contributed by atoms with Crippen molar-refractivity contribution < 1.29 is 9.53 Å². The predicted octanol–water partition coefficient (Wildman–Crippen LogP) is 2.08. The number of carbonyl (C=O) groups excluding carboxylic acids is 1. The zero-order valence-electron chi connectivity index (χ0n) is 8.02. The Morgan fingerprint density at radius 2 is 2.33 bits per heavy atom. The van der Waals surface area contributed by atoms with E-state index in [0.29, 0.717) is 10.9 Å². The van der Waals surface area contributed by atoms with Crippen LogP contribution in [0, 0.1) is 0 Å². The lowest BCUT2D eigenvalue weighted by molar-refractivity contribution is 0.0445. The number of pyridine rings is 1. The number of rotatable bonds is 2. The normalized spacial score (nSPS) is 24.3. The Balaban J connectivity index is 1.92. The van der Waals surface area contributed by atoms with Gasteiger partial charge in [-0.2, -0.15) is 0 Å². The van der Waals surface area contributed by atoms with Crippen molar-refractivity contribution in [3.63, 3.8) is 0 Å². The Labute approximate surface area is 92.4 Å². The summed E-state index contributed by atoms with van der Waals surface area (Å²) in [7, 11) is 0. The van der Waals surface area contributed by atoms with Crippen LogP contribution in [0.1, 0.15) is 24.5 Å². The van der Waals surface area contributed by atoms with Crippen molar-refractivity contribution in [1.29, 1.82) is 0 Å². The Kier molecular flexibility index (Phi) is 2.77. The largest absolute Gasteiger partial charge is 0.446 e. The Morgan fingerprint density at radius 3 is 2.93 bits per heavy atom. The number of ether oxygens (including phenoxy) is 1. The minimum absolute atomic E-state index is 0.0618. The van der Waals surface area contributed by atoms with Crippen LogP contribution in [0.15, 0.2) is 18.3 Å². The van der Waals surface area contributed by atoms with Crippen LogP contribution in [0.3, 0.4) is 0 Å². The number of hydrogen-bond donors (Lipinski definition) is 1. The van der Waals surface area contributed by atoms with Crippen LogP contribution in [0.25, 0.3) is 0 Å². The molecule has 4 nitrogen and oxygen atoms in total. The first-order valence-corrected chi connectivity index (χ1v) is 5.10. The second kappa shape index (κ2) is 4.06. The lowest BCUT2D eigenvalue weighted by Crippen LogP contribution is -2.34. The summed E-state index contributed by atoms with van der Waals surface area (Å²) in [4.78, 5) is 14.7. The van der Waals surface area contributed by atoms with Crippen LogP contribution in [0.4, 0.5) is 4.79 Å². The quantitative estimate of drug-likeness (QED) is 0.840. The molecule has 1 aliphatic carbocycles. The molecule has 0 atom stereocenters. The number of amides is 1. The van der Waals surface area contributed by atoms with E-state index < -0.39 is 6.09 Å². The molecule has 1 saturated carbocycles. The highest BCUT2D eigenvalue weighted by Gasteiger charge is 2.33. The monoisotopic (exact) mass is 226 g/mol. The molecule has 2 N–H and O–H groups in total. The number of nitrogens with two attached hydrogens (primary N) is 1. The van der Waals surface area contributed by atoms with Gasteiger partial charge in [0.2, 0.25) is 0 Å². The molecule has 80 valence electrons. The third kappa shape index (κ3) is 2.39. The highest BCUT2D eigenvalue weighted by Crippen LogP contribution is 2.38. The first kappa shape index (κ1) is 10.2. The highest BCUT2D eigenvalue weighted by atomic mass is 35.5. The van der Waals surface area contributed by atoms with Crippen molar-refractivity contribution in [3.05, 3.63) is 29.0 Å². The third-order valence-corrected chi connectivity index (χ3v) is 2.77. The number of halogens is 1. The van der Waals surface area contributed by atoms with Crippen LogP contribution in [-0.4, -0.2) is 17.2 Å². The van der Waals surface area contributed by atoms with Gasteiger partial charge in [0, 0.05) is 22.8 Å². The fourth-order valence-corrected chi connectivity index (χ4v) is 1.88. The van der Waals surface area contributed by atoms with Crippen LogP contribution in [0.5, 0.6) is 0 Å². The SMILES string of the molecule is NC(=O)O[C@H]1C[C@H](c2cc(Cl)ccn2)C1. The average molecular weight is 227 g/mol. The molecule has 1 aliphatic rings. The van der Waals surface area contributed by atoms with Crippen molar-refractivity contribution in [1.82, 2.24) is 4.98 Å². The Bertz CT molecular complexity index is 377. The molecule has 1 heterocycles. The Morgan fingerprint density at radius 1 is 1.60 bits per heavy atom. The first-order valence-electron chi connectivity index (χ1n) is 4.72. The number of aromatic nitrogens is 1. The van der Waals surface area contributed by atoms with Crippen LogP contribution < -0.4 is 5.73 Å². The van der Waals surface area contributed by atoms with Gasteiger partial charge in [0.15, 0.2) is 0 Å². The molecule has 5 heteroatoms. The van der Waals surface area contributed by atoms with Crippen molar-refractivity contribution >= 4 is 17.7 Å². The molecule has 1 aromatic rings. The highest BCUT2D eigenvalue weighted by molar-refractivity contribution is 6.30. The van der Waals surface area contributed by atoms with Crippen molar-refractivity contribution in [3.8, 4) is 0 Å². The van der Waals surface area contributed by atoms with Gasteiger partial charge in [-0.05, 0) is 25.0 Å². The predicted molar refractivity (Wildman–Crippen MR) is 55.7 cm³/mol. The molecule has 0 saturated heterocycles. The molecule has 1 fully saturated rings. The van der Waals surface area contributed by atoms with Gasteiger partial charge in [-0.1, -0.05) is 11.6 Å². The maximum Gasteiger partial charge on any atom is 0.404 e. The summed E-state index contributed by atoms with van der Waals surface area (Å²) in [6, 6.07) is 3.58. The summed E-state index contributed by atoms with van der Waals surface area (Å²) in [5, 5.41) is 0.680. The third-order valence-electron chi connectivity index (χ3n) is 2.54. The molecule has 15 heavy (non-hydrogen) atoms. The van der Waals surface area contributed by atoms with E-state index in [1.165, 1.54) is 0 Å². The van der Waals surface area contributed by atoms with E-state index in [1.54, 1.807) is 12.3 Å².